The predicted octanol–water partition coefficient (Wildman–Crippen LogP) is 5.42. The Morgan fingerprint density at radius 1 is 1.09 bits per heavy atom. The van der Waals surface area contributed by atoms with E-state index in [2.05, 4.69) is 5.32 Å². The summed E-state index contributed by atoms with van der Waals surface area (Å²) in [6, 6.07) is 26.6. The summed E-state index contributed by atoms with van der Waals surface area (Å²) in [7, 11) is 1.49. The Balaban J connectivity index is 1.64. The molecule has 1 heterocycles. The van der Waals surface area contributed by atoms with Gasteiger partial charge >= 0.3 is 0 Å². The maximum atomic E-state index is 12.1. The van der Waals surface area contributed by atoms with Crippen LogP contribution in [-0.2, 0) is 11.4 Å². The van der Waals surface area contributed by atoms with Gasteiger partial charge in [-0.3, -0.25) is 4.79 Å². The minimum absolute atomic E-state index is 0.000667. The Hall–Kier alpha value is -4.34. The first kappa shape index (κ1) is 22.8. The third-order valence-electron chi connectivity index (χ3n) is 5.10. The van der Waals surface area contributed by atoms with Crippen LogP contribution in [0.25, 0.3) is 23.0 Å². The highest BCUT2D eigenvalue weighted by molar-refractivity contribution is 6.30. The molecule has 0 bridgehead atoms. The van der Waals surface area contributed by atoms with Crippen LogP contribution < -0.4 is 10.1 Å². The summed E-state index contributed by atoms with van der Waals surface area (Å²) in [6.45, 7) is 0.421. The standard InChI is InChI=1S/C27H21ClN4O2/c1-30-27(33)21(16-29)15-22-17-32(24-5-3-2-4-6-24)31-26(22)20-9-13-25(14-10-20)34-18-19-7-11-23(28)12-8-19/h2-15,17H,18H2,1H3,(H,30,33)/b21-15-. The van der Waals surface area contributed by atoms with Crippen LogP contribution in [0.4, 0.5) is 0 Å². The molecule has 0 saturated heterocycles. The second-order valence-electron chi connectivity index (χ2n) is 7.40. The lowest BCUT2D eigenvalue weighted by atomic mass is 10.1. The van der Waals surface area contributed by atoms with Gasteiger partial charge in [-0.15, -0.1) is 0 Å². The van der Waals surface area contributed by atoms with Crippen LogP contribution in [-0.4, -0.2) is 22.7 Å². The fourth-order valence-electron chi connectivity index (χ4n) is 3.33. The zero-order chi connectivity index (χ0) is 23.9. The number of nitriles is 1. The molecule has 168 valence electrons. The van der Waals surface area contributed by atoms with E-state index in [0.717, 1.165) is 16.8 Å². The molecule has 0 aliphatic heterocycles. The molecule has 0 unspecified atom stereocenters. The number of halogens is 1. The summed E-state index contributed by atoms with van der Waals surface area (Å²) in [6.07, 6.45) is 3.35. The van der Waals surface area contributed by atoms with Crippen molar-refractivity contribution < 1.29 is 9.53 Å². The molecule has 1 N–H and O–H groups in total. The van der Waals surface area contributed by atoms with Gasteiger partial charge in [-0.1, -0.05) is 41.9 Å². The molecule has 0 spiro atoms. The van der Waals surface area contributed by atoms with Crippen molar-refractivity contribution >= 4 is 23.6 Å². The molecule has 4 rings (SSSR count). The monoisotopic (exact) mass is 468 g/mol. The lowest BCUT2D eigenvalue weighted by molar-refractivity contribution is -0.116. The molecule has 6 nitrogen and oxygen atoms in total. The zero-order valence-electron chi connectivity index (χ0n) is 18.4. The van der Waals surface area contributed by atoms with Crippen molar-refractivity contribution in [3.8, 4) is 28.8 Å². The van der Waals surface area contributed by atoms with Crippen LogP contribution in [0.1, 0.15) is 11.1 Å². The lowest BCUT2D eigenvalue weighted by Gasteiger charge is -2.07. The van der Waals surface area contributed by atoms with Gasteiger partial charge in [0.05, 0.1) is 11.4 Å². The zero-order valence-corrected chi connectivity index (χ0v) is 19.2. The molecule has 0 radical (unpaired) electrons. The summed E-state index contributed by atoms with van der Waals surface area (Å²) < 4.78 is 7.61. The molecule has 4 aromatic rings. The molecule has 0 atom stereocenters. The fraction of sp³-hybridized carbons (Fsp3) is 0.0741. The van der Waals surface area contributed by atoms with E-state index < -0.39 is 5.91 Å². The molecule has 7 heteroatoms. The maximum Gasteiger partial charge on any atom is 0.261 e. The van der Waals surface area contributed by atoms with Crippen molar-refractivity contribution in [3.05, 3.63) is 107 Å². The van der Waals surface area contributed by atoms with Gasteiger partial charge in [-0.25, -0.2) is 4.68 Å². The predicted molar refractivity (Wildman–Crippen MR) is 132 cm³/mol. The summed E-state index contributed by atoms with van der Waals surface area (Å²) in [5.41, 5.74) is 4.00. The molecule has 0 saturated carbocycles. The largest absolute Gasteiger partial charge is 0.489 e. The summed E-state index contributed by atoms with van der Waals surface area (Å²) in [5.74, 6) is 0.258. The molecule has 3 aromatic carbocycles. The van der Waals surface area contributed by atoms with Crippen molar-refractivity contribution in [2.24, 2.45) is 0 Å². The topological polar surface area (TPSA) is 79.9 Å². The number of carbonyl (C=O) groups is 1. The van der Waals surface area contributed by atoms with Gasteiger partial charge in [-0.2, -0.15) is 10.4 Å². The van der Waals surface area contributed by atoms with Crippen LogP contribution in [0, 0.1) is 11.3 Å². The average Bonchev–Trinajstić information content (AvgIpc) is 3.31. The van der Waals surface area contributed by atoms with E-state index in [-0.39, 0.29) is 5.57 Å². The van der Waals surface area contributed by atoms with Crippen molar-refractivity contribution in [2.75, 3.05) is 7.05 Å². The number of hydrogen-bond acceptors (Lipinski definition) is 4. The minimum atomic E-state index is -0.452. The summed E-state index contributed by atoms with van der Waals surface area (Å²) >= 11 is 5.93. The van der Waals surface area contributed by atoms with Gasteiger partial charge in [0, 0.05) is 29.4 Å². The Kier molecular flexibility index (Phi) is 7.07. The number of benzene rings is 3. The third-order valence-corrected chi connectivity index (χ3v) is 5.35. The fourth-order valence-corrected chi connectivity index (χ4v) is 3.45. The number of nitrogens with zero attached hydrogens (tertiary/aromatic N) is 3. The first-order chi connectivity index (χ1) is 16.6. The van der Waals surface area contributed by atoms with Crippen LogP contribution >= 0.6 is 11.6 Å². The lowest BCUT2D eigenvalue weighted by Crippen LogP contribution is -2.19. The van der Waals surface area contributed by atoms with E-state index in [1.54, 1.807) is 17.0 Å². The average molecular weight is 469 g/mol. The molecule has 1 amide bonds. The minimum Gasteiger partial charge on any atom is -0.489 e. The van der Waals surface area contributed by atoms with Gasteiger partial charge in [0.2, 0.25) is 0 Å². The number of hydrogen-bond donors (Lipinski definition) is 1. The first-order valence-electron chi connectivity index (χ1n) is 10.5. The van der Waals surface area contributed by atoms with E-state index in [4.69, 9.17) is 21.4 Å². The smallest absolute Gasteiger partial charge is 0.261 e. The highest BCUT2D eigenvalue weighted by Crippen LogP contribution is 2.28. The van der Waals surface area contributed by atoms with Crippen molar-refractivity contribution in [3.63, 3.8) is 0 Å². The molecule has 0 aliphatic carbocycles. The highest BCUT2D eigenvalue weighted by Gasteiger charge is 2.14. The molecular formula is C27H21ClN4O2. The Bertz CT molecular complexity index is 1350. The Labute approximate surface area is 202 Å². The van der Waals surface area contributed by atoms with Gasteiger partial charge in [-0.05, 0) is 60.2 Å². The van der Waals surface area contributed by atoms with Crippen molar-refractivity contribution in [1.82, 2.24) is 15.1 Å². The van der Waals surface area contributed by atoms with E-state index >= 15 is 0 Å². The quantitative estimate of drug-likeness (QED) is 0.290. The number of likely N-dealkylation sites (N-methyl/N-ethyl adjacent to an activating group) is 1. The van der Waals surface area contributed by atoms with Crippen molar-refractivity contribution in [2.45, 2.75) is 6.61 Å². The molecular weight excluding hydrogens is 448 g/mol. The number of amides is 1. The number of ether oxygens (including phenoxy) is 1. The number of carbonyl (C=O) groups excluding carboxylic acids is 1. The molecule has 0 fully saturated rings. The van der Waals surface area contributed by atoms with Gasteiger partial charge in [0.1, 0.15) is 24.0 Å². The SMILES string of the molecule is CNC(=O)/C(C#N)=C\c1cn(-c2ccccc2)nc1-c1ccc(OCc2ccc(Cl)cc2)cc1. The van der Waals surface area contributed by atoms with E-state index in [0.29, 0.717) is 28.6 Å². The van der Waals surface area contributed by atoms with E-state index in [1.807, 2.05) is 84.9 Å². The maximum absolute atomic E-state index is 12.1. The highest BCUT2D eigenvalue weighted by atomic mass is 35.5. The van der Waals surface area contributed by atoms with Crippen molar-refractivity contribution in [1.29, 1.82) is 5.26 Å². The Morgan fingerprint density at radius 2 is 1.79 bits per heavy atom. The van der Waals surface area contributed by atoms with E-state index in [1.165, 1.54) is 7.05 Å². The molecule has 34 heavy (non-hydrogen) atoms. The Morgan fingerprint density at radius 3 is 2.44 bits per heavy atom. The number of nitrogens with one attached hydrogen (secondary N) is 1. The van der Waals surface area contributed by atoms with Crippen LogP contribution in [0.15, 0.2) is 90.6 Å². The summed E-state index contributed by atoms with van der Waals surface area (Å²) in [4.78, 5) is 12.1. The van der Waals surface area contributed by atoms with E-state index in [9.17, 15) is 10.1 Å². The van der Waals surface area contributed by atoms with Gasteiger partial charge in [0.25, 0.3) is 5.91 Å². The van der Waals surface area contributed by atoms with Crippen LogP contribution in [0.2, 0.25) is 5.02 Å². The third kappa shape index (κ3) is 5.34. The normalized spacial score (nSPS) is 11.0. The number of aromatic nitrogens is 2. The molecule has 0 aliphatic rings. The first-order valence-corrected chi connectivity index (χ1v) is 10.9. The molecule has 1 aromatic heterocycles. The van der Waals surface area contributed by atoms with Gasteiger partial charge in [0.15, 0.2) is 0 Å². The number of para-hydroxylation sites is 1. The van der Waals surface area contributed by atoms with Crippen LogP contribution in [0.3, 0.4) is 0 Å². The van der Waals surface area contributed by atoms with Crippen LogP contribution in [0.5, 0.6) is 5.75 Å². The second-order valence-corrected chi connectivity index (χ2v) is 7.84. The summed E-state index contributed by atoms with van der Waals surface area (Å²) in [5, 5.41) is 17.4. The van der Waals surface area contributed by atoms with Gasteiger partial charge < -0.3 is 10.1 Å². The number of rotatable bonds is 7. The second kappa shape index (κ2) is 10.5.